The van der Waals surface area contributed by atoms with Crippen molar-refractivity contribution >= 4 is 6.20 Å². The lowest BCUT2D eigenvalue weighted by Crippen LogP contribution is -2.30. The van der Waals surface area contributed by atoms with E-state index in [0.29, 0.717) is 0 Å². The van der Waals surface area contributed by atoms with Crippen molar-refractivity contribution in [1.82, 2.24) is 4.98 Å². The number of H-pyrrole nitrogens is 1. The van der Waals surface area contributed by atoms with E-state index in [-0.39, 0.29) is 5.41 Å². The molecule has 2 heteroatoms. The summed E-state index contributed by atoms with van der Waals surface area (Å²) in [4.78, 5) is 3.57. The van der Waals surface area contributed by atoms with E-state index in [9.17, 15) is 0 Å². The zero-order valence-electron chi connectivity index (χ0n) is 14.9. The molecule has 2 nitrogen and oxygen atoms in total. The van der Waals surface area contributed by atoms with Gasteiger partial charge in [-0.05, 0) is 44.2 Å². The van der Waals surface area contributed by atoms with Crippen LogP contribution in [-0.4, -0.2) is 4.98 Å². The Labute approximate surface area is 140 Å². The van der Waals surface area contributed by atoms with Gasteiger partial charge >= 0.3 is 0 Å². The molecule has 0 aliphatic carbocycles. The van der Waals surface area contributed by atoms with Crippen LogP contribution in [0.3, 0.4) is 0 Å². The van der Waals surface area contributed by atoms with Crippen molar-refractivity contribution in [3.63, 3.8) is 0 Å². The first-order valence-corrected chi connectivity index (χ1v) is 9.07. The van der Waals surface area contributed by atoms with Crippen LogP contribution in [0.1, 0.15) is 64.6 Å². The first-order chi connectivity index (χ1) is 11.2. The zero-order chi connectivity index (χ0) is 16.4. The minimum absolute atomic E-state index is 0.119. The van der Waals surface area contributed by atoms with E-state index in [0.717, 1.165) is 12.8 Å². The molecule has 1 aliphatic rings. The molecule has 3 heterocycles. The number of aromatic nitrogens is 2. The molecule has 0 fully saturated rings. The fourth-order valence-electron chi connectivity index (χ4n) is 4.09. The maximum atomic E-state index is 3.57. The van der Waals surface area contributed by atoms with Gasteiger partial charge in [0.05, 0.1) is 5.56 Å². The molecular formula is C21H29N2+. The van der Waals surface area contributed by atoms with Crippen molar-refractivity contribution < 1.29 is 4.57 Å². The standard InChI is InChI=1S/C21H28N2/c1-5-8-9-17-11-13-23-15-16(4)21(6-2,7-3)20-18(10-12-22-20)19(23)14-17/h10-15H,5-9H2,1-4H3/p+1. The van der Waals surface area contributed by atoms with Crippen molar-refractivity contribution in [2.45, 2.75) is 65.2 Å². The van der Waals surface area contributed by atoms with Gasteiger partial charge in [-0.2, -0.15) is 4.57 Å². The minimum Gasteiger partial charge on any atom is -0.364 e. The second-order valence-electron chi connectivity index (χ2n) is 6.80. The summed E-state index contributed by atoms with van der Waals surface area (Å²) in [6.07, 6.45) is 12.6. The van der Waals surface area contributed by atoms with Crippen LogP contribution in [0.2, 0.25) is 0 Å². The summed E-state index contributed by atoms with van der Waals surface area (Å²) in [5, 5.41) is 0. The van der Waals surface area contributed by atoms with E-state index < -0.39 is 0 Å². The zero-order valence-corrected chi connectivity index (χ0v) is 14.9. The Kier molecular flexibility index (Phi) is 4.43. The molecule has 0 saturated carbocycles. The van der Waals surface area contributed by atoms with E-state index in [1.54, 1.807) is 0 Å². The van der Waals surface area contributed by atoms with Crippen LogP contribution in [0.5, 0.6) is 0 Å². The van der Waals surface area contributed by atoms with Gasteiger partial charge in [0.25, 0.3) is 0 Å². The molecule has 0 unspecified atom stereocenters. The molecule has 0 radical (unpaired) electrons. The lowest BCUT2D eigenvalue weighted by molar-refractivity contribution is -0.556. The highest BCUT2D eigenvalue weighted by Crippen LogP contribution is 2.43. The van der Waals surface area contributed by atoms with E-state index in [4.69, 9.17) is 0 Å². The molecule has 0 aromatic carbocycles. The Bertz CT molecular complexity index is 717. The summed E-state index contributed by atoms with van der Waals surface area (Å²) in [6, 6.07) is 6.91. The first kappa shape index (κ1) is 16.0. The fourth-order valence-corrected chi connectivity index (χ4v) is 4.09. The normalized spacial score (nSPS) is 15.6. The number of fused-ring (bicyclic) bond motifs is 3. The number of aromatic amines is 1. The summed E-state index contributed by atoms with van der Waals surface area (Å²) in [6.45, 7) is 9.15. The number of pyridine rings is 1. The largest absolute Gasteiger partial charge is 0.364 e. The number of hydrogen-bond acceptors (Lipinski definition) is 0. The smallest absolute Gasteiger partial charge is 0.219 e. The van der Waals surface area contributed by atoms with Gasteiger partial charge in [0.2, 0.25) is 5.69 Å². The van der Waals surface area contributed by atoms with Crippen molar-refractivity contribution in [2.75, 3.05) is 0 Å². The maximum absolute atomic E-state index is 3.57. The van der Waals surface area contributed by atoms with Crippen LogP contribution >= 0.6 is 0 Å². The van der Waals surface area contributed by atoms with Crippen LogP contribution < -0.4 is 4.57 Å². The first-order valence-electron chi connectivity index (χ1n) is 9.07. The second-order valence-corrected chi connectivity index (χ2v) is 6.80. The molecule has 1 aliphatic heterocycles. The summed E-state index contributed by atoms with van der Waals surface area (Å²) in [5.41, 5.74) is 7.07. The number of aryl methyl sites for hydroxylation is 1. The van der Waals surface area contributed by atoms with Crippen LogP contribution in [0, 0.1) is 0 Å². The van der Waals surface area contributed by atoms with Gasteiger partial charge in [-0.25, -0.2) is 0 Å². The van der Waals surface area contributed by atoms with Crippen LogP contribution in [-0.2, 0) is 11.8 Å². The SMILES string of the molecule is CCCCc1cc[n+]2c(c1)-c1cc[nH]c1C(CC)(CC)C(C)=C2. The van der Waals surface area contributed by atoms with Gasteiger partial charge in [0.1, 0.15) is 0 Å². The van der Waals surface area contributed by atoms with Gasteiger partial charge in [-0.3, -0.25) is 0 Å². The van der Waals surface area contributed by atoms with Crippen molar-refractivity contribution in [3.05, 3.63) is 47.4 Å². The third-order valence-electron chi connectivity index (χ3n) is 5.66. The quantitative estimate of drug-likeness (QED) is 0.728. The molecule has 2 aromatic rings. The van der Waals surface area contributed by atoms with Crippen LogP contribution in [0.15, 0.2) is 36.2 Å². The van der Waals surface area contributed by atoms with Gasteiger partial charge in [0.15, 0.2) is 12.4 Å². The number of allylic oxidation sites excluding steroid dienone is 1. The molecule has 23 heavy (non-hydrogen) atoms. The second kappa shape index (κ2) is 6.35. The summed E-state index contributed by atoms with van der Waals surface area (Å²) >= 11 is 0. The molecule has 0 bridgehead atoms. The third kappa shape index (κ3) is 2.54. The highest BCUT2D eigenvalue weighted by Gasteiger charge is 2.39. The molecule has 0 spiro atoms. The van der Waals surface area contributed by atoms with Crippen molar-refractivity contribution in [3.8, 4) is 11.3 Å². The molecule has 122 valence electrons. The van der Waals surface area contributed by atoms with E-state index >= 15 is 0 Å². The fraction of sp³-hybridized carbons (Fsp3) is 0.476. The number of hydrogen-bond donors (Lipinski definition) is 1. The number of nitrogens with one attached hydrogen (secondary N) is 1. The molecular weight excluding hydrogens is 280 g/mol. The highest BCUT2D eigenvalue weighted by atomic mass is 15.0. The highest BCUT2D eigenvalue weighted by molar-refractivity contribution is 5.66. The molecule has 0 atom stereocenters. The summed E-state index contributed by atoms with van der Waals surface area (Å²) < 4.78 is 2.31. The van der Waals surface area contributed by atoms with Crippen molar-refractivity contribution in [2.24, 2.45) is 0 Å². The van der Waals surface area contributed by atoms with Gasteiger partial charge in [-0.15, -0.1) is 0 Å². The Morgan fingerprint density at radius 1 is 1.13 bits per heavy atom. The van der Waals surface area contributed by atoms with Crippen LogP contribution in [0.25, 0.3) is 17.5 Å². The van der Waals surface area contributed by atoms with E-state index in [2.05, 4.69) is 74.0 Å². The van der Waals surface area contributed by atoms with E-state index in [1.807, 2.05) is 0 Å². The lowest BCUT2D eigenvalue weighted by Gasteiger charge is -2.30. The summed E-state index contributed by atoms with van der Waals surface area (Å²) in [7, 11) is 0. The Balaban J connectivity index is 2.19. The Morgan fingerprint density at radius 3 is 2.61 bits per heavy atom. The lowest BCUT2D eigenvalue weighted by atomic mass is 9.72. The van der Waals surface area contributed by atoms with Gasteiger partial charge < -0.3 is 4.98 Å². The molecule has 2 aromatic heterocycles. The predicted octanol–water partition coefficient (Wildman–Crippen LogP) is 5.24. The van der Waals surface area contributed by atoms with Crippen LogP contribution in [0.4, 0.5) is 0 Å². The number of unbranched alkanes of at least 4 members (excludes halogenated alkanes) is 1. The topological polar surface area (TPSA) is 19.7 Å². The number of nitrogens with zero attached hydrogens (tertiary/aromatic N) is 1. The predicted molar refractivity (Wildman–Crippen MR) is 97.2 cm³/mol. The molecule has 3 rings (SSSR count). The summed E-state index contributed by atoms with van der Waals surface area (Å²) in [5.74, 6) is 0. The third-order valence-corrected chi connectivity index (χ3v) is 5.66. The molecule has 1 N–H and O–H groups in total. The van der Waals surface area contributed by atoms with E-state index in [1.165, 1.54) is 47.4 Å². The number of rotatable bonds is 5. The van der Waals surface area contributed by atoms with Gasteiger partial charge in [0, 0.05) is 35.0 Å². The Hall–Kier alpha value is -1.83. The Morgan fingerprint density at radius 2 is 1.91 bits per heavy atom. The monoisotopic (exact) mass is 309 g/mol. The maximum Gasteiger partial charge on any atom is 0.219 e. The van der Waals surface area contributed by atoms with Crippen molar-refractivity contribution in [1.29, 1.82) is 0 Å². The average molecular weight is 309 g/mol. The average Bonchev–Trinajstić information content (AvgIpc) is 3.02. The minimum atomic E-state index is 0.119. The van der Waals surface area contributed by atoms with Gasteiger partial charge in [-0.1, -0.05) is 27.2 Å². The molecule has 0 amide bonds. The molecule has 0 saturated heterocycles.